The van der Waals surface area contributed by atoms with Gasteiger partial charge in [0.1, 0.15) is 11.5 Å². The lowest BCUT2D eigenvalue weighted by Gasteiger charge is -2.04. The highest BCUT2D eigenvalue weighted by Crippen LogP contribution is 2.25. The Morgan fingerprint density at radius 3 is 2.42 bits per heavy atom. The zero-order valence-corrected chi connectivity index (χ0v) is 10.0. The van der Waals surface area contributed by atoms with Gasteiger partial charge in [-0.3, -0.25) is 0 Å². The van der Waals surface area contributed by atoms with Crippen molar-refractivity contribution in [1.29, 1.82) is 0 Å². The number of hydrogen-bond acceptors (Lipinski definition) is 2. The molecule has 0 unspecified atom stereocenters. The van der Waals surface area contributed by atoms with Gasteiger partial charge in [0, 0.05) is 3.57 Å². The van der Waals surface area contributed by atoms with Crippen LogP contribution in [-0.2, 0) is 0 Å². The lowest BCUT2D eigenvalue weighted by Crippen LogP contribution is -2.01. The Bertz CT molecular complexity index is 281. The molecule has 0 aromatic carbocycles. The number of hydrogen-bond donors (Lipinski definition) is 1. The molecule has 0 amide bonds. The molecule has 0 atom stereocenters. The molecule has 0 bridgehead atoms. The molecule has 0 fully saturated rings. The van der Waals surface area contributed by atoms with Crippen molar-refractivity contribution in [3.05, 3.63) is 18.9 Å². The maximum absolute atomic E-state index is 12.1. The third kappa shape index (κ3) is 2.15. The summed E-state index contributed by atoms with van der Waals surface area (Å²) in [5.41, 5.74) is 5.14. The van der Waals surface area contributed by atoms with Gasteiger partial charge in [0.2, 0.25) is 0 Å². The minimum atomic E-state index is -2.56. The summed E-state index contributed by atoms with van der Waals surface area (Å²) in [5.74, 6) is 0.165. The van der Waals surface area contributed by atoms with E-state index in [2.05, 4.69) is 4.98 Å². The molecule has 12 heavy (non-hydrogen) atoms. The largest absolute Gasteiger partial charge is 0.383 e. The Balaban J connectivity index is 3.21. The van der Waals surface area contributed by atoms with Crippen molar-refractivity contribution in [3.63, 3.8) is 0 Å². The maximum atomic E-state index is 12.1. The molecular weight excluding hydrogens is 392 g/mol. The second kappa shape index (κ2) is 3.99. The van der Waals surface area contributed by atoms with Gasteiger partial charge in [0.25, 0.3) is 6.43 Å². The van der Waals surface area contributed by atoms with E-state index in [0.29, 0.717) is 3.57 Å². The predicted molar refractivity (Wildman–Crippen MR) is 59.0 cm³/mol. The number of nitrogen functional groups attached to an aromatic ring is 1. The van der Waals surface area contributed by atoms with Crippen LogP contribution in [0.4, 0.5) is 14.6 Å². The fourth-order valence-electron chi connectivity index (χ4n) is 0.648. The Labute approximate surface area is 95.2 Å². The second-order valence-corrected chi connectivity index (χ2v) is 4.27. The van der Waals surface area contributed by atoms with Gasteiger partial charge in [-0.25, -0.2) is 13.8 Å². The van der Waals surface area contributed by atoms with Crippen LogP contribution in [0.2, 0.25) is 0 Å². The first kappa shape index (κ1) is 10.4. The van der Waals surface area contributed by atoms with E-state index in [1.807, 2.05) is 45.2 Å². The third-order valence-corrected chi connectivity index (χ3v) is 4.20. The molecule has 0 radical (unpaired) electrons. The van der Waals surface area contributed by atoms with Crippen molar-refractivity contribution in [2.24, 2.45) is 0 Å². The molecule has 2 N–H and O–H groups in total. The van der Waals surface area contributed by atoms with Crippen LogP contribution in [0.5, 0.6) is 0 Å². The molecule has 6 heteroatoms. The van der Waals surface area contributed by atoms with Gasteiger partial charge >= 0.3 is 0 Å². The molecular formula is C6H4F2I2N2. The normalized spacial score (nSPS) is 10.8. The van der Waals surface area contributed by atoms with Crippen LogP contribution >= 0.6 is 45.2 Å². The van der Waals surface area contributed by atoms with Gasteiger partial charge in [-0.2, -0.15) is 0 Å². The Kier molecular flexibility index (Phi) is 3.44. The second-order valence-electron chi connectivity index (χ2n) is 2.03. The van der Waals surface area contributed by atoms with E-state index in [1.165, 1.54) is 6.07 Å². The molecule has 66 valence electrons. The van der Waals surface area contributed by atoms with E-state index in [1.54, 1.807) is 0 Å². The average Bonchev–Trinajstić information content (AvgIpc) is 1.99. The van der Waals surface area contributed by atoms with E-state index >= 15 is 0 Å². The molecule has 0 aliphatic heterocycles. The summed E-state index contributed by atoms with van der Waals surface area (Å²) in [6, 6.07) is 1.34. The number of nitrogens with two attached hydrogens (primary N) is 1. The summed E-state index contributed by atoms with van der Waals surface area (Å²) >= 11 is 3.92. The summed E-state index contributed by atoms with van der Waals surface area (Å²) < 4.78 is 25.7. The first-order chi connectivity index (χ1) is 5.52. The van der Waals surface area contributed by atoms with Crippen LogP contribution in [0.1, 0.15) is 12.1 Å². The van der Waals surface area contributed by atoms with Crippen molar-refractivity contribution < 1.29 is 8.78 Å². The number of rotatable bonds is 1. The minimum Gasteiger partial charge on any atom is -0.383 e. The molecule has 1 heterocycles. The van der Waals surface area contributed by atoms with E-state index in [4.69, 9.17) is 5.73 Å². The number of halogens is 4. The van der Waals surface area contributed by atoms with Crippen molar-refractivity contribution in [1.82, 2.24) is 4.98 Å². The molecule has 0 saturated heterocycles. The first-order valence-electron chi connectivity index (χ1n) is 2.92. The van der Waals surface area contributed by atoms with Crippen LogP contribution in [-0.4, -0.2) is 4.98 Å². The SMILES string of the molecule is Nc1nc(C(F)F)cc(I)c1I. The van der Waals surface area contributed by atoms with Crippen LogP contribution in [0.25, 0.3) is 0 Å². The number of aromatic nitrogens is 1. The third-order valence-electron chi connectivity index (χ3n) is 1.18. The Morgan fingerprint density at radius 1 is 1.42 bits per heavy atom. The van der Waals surface area contributed by atoms with E-state index in [0.717, 1.165) is 3.57 Å². The van der Waals surface area contributed by atoms with Gasteiger partial charge < -0.3 is 5.73 Å². The Hall–Kier alpha value is 0.270. The first-order valence-corrected chi connectivity index (χ1v) is 5.07. The van der Waals surface area contributed by atoms with Crippen molar-refractivity contribution >= 4 is 51.0 Å². The van der Waals surface area contributed by atoms with Crippen LogP contribution < -0.4 is 5.73 Å². The minimum absolute atomic E-state index is 0.165. The molecule has 0 spiro atoms. The van der Waals surface area contributed by atoms with Gasteiger partial charge in [-0.1, -0.05) is 0 Å². The van der Waals surface area contributed by atoms with Gasteiger partial charge in [-0.15, -0.1) is 0 Å². The summed E-state index contributed by atoms with van der Waals surface area (Å²) in [6.45, 7) is 0. The summed E-state index contributed by atoms with van der Waals surface area (Å²) in [6.07, 6.45) is -2.56. The summed E-state index contributed by atoms with van der Waals surface area (Å²) in [7, 11) is 0. The predicted octanol–water partition coefficient (Wildman–Crippen LogP) is 2.81. The molecule has 2 nitrogen and oxygen atoms in total. The molecule has 1 aromatic rings. The quantitative estimate of drug-likeness (QED) is 0.743. The number of alkyl halides is 2. The van der Waals surface area contributed by atoms with Crippen LogP contribution in [0.3, 0.4) is 0 Å². The lowest BCUT2D eigenvalue weighted by atomic mass is 10.3. The van der Waals surface area contributed by atoms with Gasteiger partial charge in [0.15, 0.2) is 0 Å². The van der Waals surface area contributed by atoms with Gasteiger partial charge in [-0.05, 0) is 51.2 Å². The van der Waals surface area contributed by atoms with Crippen LogP contribution in [0, 0.1) is 7.14 Å². The molecule has 0 aliphatic rings. The molecule has 1 rings (SSSR count). The number of anilines is 1. The van der Waals surface area contributed by atoms with E-state index < -0.39 is 6.43 Å². The fourth-order valence-corrected chi connectivity index (χ4v) is 1.52. The highest BCUT2D eigenvalue weighted by molar-refractivity contribution is 14.1. The monoisotopic (exact) mass is 396 g/mol. The van der Waals surface area contributed by atoms with Crippen molar-refractivity contribution in [2.45, 2.75) is 6.43 Å². The average molecular weight is 396 g/mol. The zero-order valence-electron chi connectivity index (χ0n) is 5.69. The topological polar surface area (TPSA) is 38.9 Å². The van der Waals surface area contributed by atoms with E-state index in [-0.39, 0.29) is 11.5 Å². The smallest absolute Gasteiger partial charge is 0.280 e. The molecule has 1 aromatic heterocycles. The zero-order chi connectivity index (χ0) is 9.30. The maximum Gasteiger partial charge on any atom is 0.280 e. The van der Waals surface area contributed by atoms with Gasteiger partial charge in [0.05, 0.1) is 3.57 Å². The standard InChI is InChI=1S/C6H4F2I2N2/c7-5(8)3-1-2(9)4(10)6(11)12-3/h1,5H,(H2,11,12). The van der Waals surface area contributed by atoms with Crippen molar-refractivity contribution in [2.75, 3.05) is 5.73 Å². The Morgan fingerprint density at radius 2 is 2.00 bits per heavy atom. The molecule has 0 aliphatic carbocycles. The van der Waals surface area contributed by atoms with Crippen LogP contribution in [0.15, 0.2) is 6.07 Å². The highest BCUT2D eigenvalue weighted by Gasteiger charge is 2.12. The number of pyridine rings is 1. The van der Waals surface area contributed by atoms with E-state index in [9.17, 15) is 8.78 Å². The highest BCUT2D eigenvalue weighted by atomic mass is 127. The van der Waals surface area contributed by atoms with Crippen molar-refractivity contribution in [3.8, 4) is 0 Å². The number of nitrogens with zero attached hydrogens (tertiary/aromatic N) is 1. The fraction of sp³-hybridized carbons (Fsp3) is 0.167. The summed E-state index contributed by atoms with van der Waals surface area (Å²) in [4.78, 5) is 3.55. The molecule has 0 saturated carbocycles. The lowest BCUT2D eigenvalue weighted by molar-refractivity contribution is 0.146. The summed E-state index contributed by atoms with van der Waals surface area (Å²) in [5, 5.41) is 0.